The minimum Gasteiger partial charge on any atom is -0.488 e. The van der Waals surface area contributed by atoms with Crippen LogP contribution in [0.4, 0.5) is 5.95 Å². The minimum atomic E-state index is -0.659. The van der Waals surface area contributed by atoms with Gasteiger partial charge in [0.15, 0.2) is 0 Å². The first-order chi connectivity index (χ1) is 15.9. The molecule has 1 aliphatic rings. The first kappa shape index (κ1) is 23.5. The predicted octanol–water partition coefficient (Wildman–Crippen LogP) is 5.56. The molecule has 1 aromatic heterocycles. The van der Waals surface area contributed by atoms with Gasteiger partial charge in [-0.2, -0.15) is 4.68 Å². The monoisotopic (exact) mass is 551 g/mol. The van der Waals surface area contributed by atoms with Gasteiger partial charge in [0.1, 0.15) is 18.4 Å². The van der Waals surface area contributed by atoms with E-state index in [1.165, 1.54) is 0 Å². The maximum Gasteiger partial charge on any atom is 0.338 e. The van der Waals surface area contributed by atoms with Gasteiger partial charge < -0.3 is 14.8 Å². The molecule has 2 heterocycles. The Balaban J connectivity index is 1.76. The van der Waals surface area contributed by atoms with Crippen LogP contribution in [0, 0.1) is 0 Å². The zero-order chi connectivity index (χ0) is 23.5. The van der Waals surface area contributed by atoms with E-state index in [-0.39, 0.29) is 6.61 Å². The van der Waals surface area contributed by atoms with E-state index in [0.29, 0.717) is 51.6 Å². The average molecular weight is 553 g/mol. The number of anilines is 1. The summed E-state index contributed by atoms with van der Waals surface area (Å²) in [6.07, 6.45) is 0.708. The number of carbonyl (C=O) groups is 1. The lowest BCUT2D eigenvalue weighted by atomic mass is 9.95. The predicted molar refractivity (Wildman–Crippen MR) is 128 cm³/mol. The van der Waals surface area contributed by atoms with Crippen molar-refractivity contribution in [1.82, 2.24) is 20.2 Å². The van der Waals surface area contributed by atoms with Crippen LogP contribution in [-0.2, 0) is 16.1 Å². The number of hydrogen-bond donors (Lipinski definition) is 1. The summed E-state index contributed by atoms with van der Waals surface area (Å²) < 4.78 is 14.0. The maximum atomic E-state index is 13.1. The number of rotatable bonds is 7. The van der Waals surface area contributed by atoms with Crippen molar-refractivity contribution in [1.29, 1.82) is 0 Å². The number of hydrogen-bond acceptors (Lipinski definition) is 7. The van der Waals surface area contributed by atoms with Crippen LogP contribution in [0.3, 0.4) is 0 Å². The quantitative estimate of drug-likeness (QED) is 0.383. The van der Waals surface area contributed by atoms with Crippen LogP contribution in [-0.4, -0.2) is 32.8 Å². The van der Waals surface area contributed by atoms with Crippen molar-refractivity contribution < 1.29 is 14.3 Å². The van der Waals surface area contributed by atoms with Crippen molar-refractivity contribution in [2.24, 2.45) is 0 Å². The SMILES string of the molecule is CCCOC(=O)C1=C(C)Nc2nnnn2C1c1cc(Br)ccc1OCc1ccc(Cl)cc1Cl. The highest BCUT2D eigenvalue weighted by molar-refractivity contribution is 9.10. The van der Waals surface area contributed by atoms with E-state index in [1.54, 1.807) is 23.7 Å². The summed E-state index contributed by atoms with van der Waals surface area (Å²) in [6.45, 7) is 4.24. The van der Waals surface area contributed by atoms with Crippen LogP contribution >= 0.6 is 39.1 Å². The summed E-state index contributed by atoms with van der Waals surface area (Å²) >= 11 is 15.8. The van der Waals surface area contributed by atoms with E-state index in [9.17, 15) is 4.79 Å². The Labute approximate surface area is 209 Å². The highest BCUT2D eigenvalue weighted by Gasteiger charge is 2.36. The van der Waals surface area contributed by atoms with E-state index in [4.69, 9.17) is 32.7 Å². The third-order valence-electron chi connectivity index (χ3n) is 5.04. The number of nitrogens with zero attached hydrogens (tertiary/aromatic N) is 4. The summed E-state index contributed by atoms with van der Waals surface area (Å²) in [5, 5.41) is 16.0. The molecule has 0 fully saturated rings. The highest BCUT2D eigenvalue weighted by Crippen LogP contribution is 2.40. The van der Waals surface area contributed by atoms with Crippen LogP contribution in [0.15, 0.2) is 52.1 Å². The minimum absolute atomic E-state index is 0.205. The number of tetrazole rings is 1. The number of esters is 1. The van der Waals surface area contributed by atoms with E-state index >= 15 is 0 Å². The number of ether oxygens (including phenoxy) is 2. The van der Waals surface area contributed by atoms with Crippen molar-refractivity contribution >= 4 is 51.0 Å². The molecule has 8 nitrogen and oxygen atoms in total. The topological polar surface area (TPSA) is 91.2 Å². The molecule has 1 N–H and O–H groups in total. The van der Waals surface area contributed by atoms with Crippen LogP contribution in [0.1, 0.15) is 37.4 Å². The number of aromatic nitrogens is 4. The average Bonchev–Trinajstić information content (AvgIpc) is 3.24. The van der Waals surface area contributed by atoms with Crippen molar-refractivity contribution in [2.45, 2.75) is 32.9 Å². The molecule has 2 aromatic carbocycles. The largest absolute Gasteiger partial charge is 0.488 e. The van der Waals surface area contributed by atoms with Crippen LogP contribution in [0.2, 0.25) is 10.0 Å². The summed E-state index contributed by atoms with van der Waals surface area (Å²) in [4.78, 5) is 13.1. The number of carbonyl (C=O) groups excluding carboxylic acids is 1. The molecule has 4 rings (SSSR count). The fraction of sp³-hybridized carbons (Fsp3) is 0.273. The van der Waals surface area contributed by atoms with Gasteiger partial charge in [-0.3, -0.25) is 0 Å². The number of nitrogens with one attached hydrogen (secondary N) is 1. The molecule has 0 spiro atoms. The number of allylic oxidation sites excluding steroid dienone is 1. The molecule has 1 atom stereocenters. The third kappa shape index (κ3) is 5.00. The summed E-state index contributed by atoms with van der Waals surface area (Å²) in [7, 11) is 0. The Morgan fingerprint density at radius 3 is 2.82 bits per heavy atom. The van der Waals surface area contributed by atoms with Crippen molar-refractivity contribution in [3.05, 3.63) is 73.3 Å². The number of fused-ring (bicyclic) bond motifs is 1. The van der Waals surface area contributed by atoms with Gasteiger partial charge in [-0.1, -0.05) is 57.2 Å². The van der Waals surface area contributed by atoms with Gasteiger partial charge in [-0.15, -0.1) is 0 Å². The molecule has 0 saturated heterocycles. The molecule has 11 heteroatoms. The Morgan fingerprint density at radius 2 is 2.06 bits per heavy atom. The standard InChI is InChI=1S/C22H20BrCl2N5O3/c1-3-8-32-21(31)19-12(2)26-22-27-28-29-30(22)20(19)16-9-14(23)5-7-18(16)33-11-13-4-6-15(24)10-17(13)25/h4-7,9-10,20H,3,8,11H2,1-2H3,(H,26,27,29). The van der Waals surface area contributed by atoms with E-state index in [1.807, 2.05) is 31.2 Å². The van der Waals surface area contributed by atoms with Gasteiger partial charge in [0.2, 0.25) is 5.95 Å². The second-order valence-corrected chi connectivity index (χ2v) is 9.12. The fourth-order valence-corrected chi connectivity index (χ4v) is 4.34. The van der Waals surface area contributed by atoms with E-state index in [0.717, 1.165) is 10.0 Å². The normalized spacial score (nSPS) is 15.1. The Morgan fingerprint density at radius 1 is 1.24 bits per heavy atom. The molecule has 33 heavy (non-hydrogen) atoms. The smallest absolute Gasteiger partial charge is 0.338 e. The first-order valence-electron chi connectivity index (χ1n) is 10.2. The lowest BCUT2D eigenvalue weighted by Crippen LogP contribution is -2.30. The first-order valence-corrected chi connectivity index (χ1v) is 11.7. The molecular weight excluding hydrogens is 533 g/mol. The molecule has 0 saturated carbocycles. The second kappa shape index (κ2) is 10.1. The van der Waals surface area contributed by atoms with Gasteiger partial charge in [0, 0.05) is 31.3 Å². The molecular formula is C22H20BrCl2N5O3. The van der Waals surface area contributed by atoms with E-state index in [2.05, 4.69) is 36.8 Å². The second-order valence-electron chi connectivity index (χ2n) is 7.36. The Hall–Kier alpha value is -2.62. The van der Waals surface area contributed by atoms with Gasteiger partial charge in [-0.25, -0.2) is 4.79 Å². The molecule has 0 radical (unpaired) electrons. The Kier molecular flexibility index (Phi) is 7.21. The summed E-state index contributed by atoms with van der Waals surface area (Å²) in [5.41, 5.74) is 2.47. The number of halogens is 3. The van der Waals surface area contributed by atoms with Gasteiger partial charge in [0.25, 0.3) is 0 Å². The zero-order valence-electron chi connectivity index (χ0n) is 17.8. The molecule has 0 amide bonds. The summed E-state index contributed by atoms with van der Waals surface area (Å²) in [5.74, 6) is 0.516. The van der Waals surface area contributed by atoms with Crippen LogP contribution in [0.5, 0.6) is 5.75 Å². The maximum absolute atomic E-state index is 13.1. The molecule has 0 aliphatic carbocycles. The number of benzene rings is 2. The lowest BCUT2D eigenvalue weighted by molar-refractivity contribution is -0.139. The van der Waals surface area contributed by atoms with Gasteiger partial charge >= 0.3 is 5.97 Å². The van der Waals surface area contributed by atoms with Crippen molar-refractivity contribution in [3.8, 4) is 5.75 Å². The lowest BCUT2D eigenvalue weighted by Gasteiger charge is -2.28. The van der Waals surface area contributed by atoms with Crippen molar-refractivity contribution in [3.63, 3.8) is 0 Å². The molecule has 172 valence electrons. The van der Waals surface area contributed by atoms with E-state index < -0.39 is 12.0 Å². The van der Waals surface area contributed by atoms with Gasteiger partial charge in [0.05, 0.1) is 12.2 Å². The Bertz CT molecular complexity index is 1230. The highest BCUT2D eigenvalue weighted by atomic mass is 79.9. The molecule has 3 aromatic rings. The molecule has 1 unspecified atom stereocenters. The molecule has 1 aliphatic heterocycles. The van der Waals surface area contributed by atoms with Gasteiger partial charge in [-0.05, 0) is 54.1 Å². The summed E-state index contributed by atoms with van der Waals surface area (Å²) in [6, 6.07) is 10.1. The molecule has 0 bridgehead atoms. The van der Waals surface area contributed by atoms with Crippen LogP contribution < -0.4 is 10.1 Å². The van der Waals surface area contributed by atoms with Crippen molar-refractivity contribution in [2.75, 3.05) is 11.9 Å². The third-order valence-corrected chi connectivity index (χ3v) is 6.12. The van der Waals surface area contributed by atoms with Crippen LogP contribution in [0.25, 0.3) is 0 Å². The zero-order valence-corrected chi connectivity index (χ0v) is 20.9. The fourth-order valence-electron chi connectivity index (χ4n) is 3.50.